The molecule has 2 fully saturated rings. The second-order valence-corrected chi connectivity index (χ2v) is 5.26. The lowest BCUT2D eigenvalue weighted by atomic mass is 9.89. The van der Waals surface area contributed by atoms with Gasteiger partial charge >= 0.3 is 0 Å². The Kier molecular flexibility index (Phi) is 4.51. The summed E-state index contributed by atoms with van der Waals surface area (Å²) < 4.78 is 35.5. The van der Waals surface area contributed by atoms with E-state index in [0.29, 0.717) is 0 Å². The third-order valence-corrected chi connectivity index (χ3v) is 3.99. The lowest BCUT2D eigenvalue weighted by molar-refractivity contribution is -0.351. The number of aliphatic hydroxyl groups excluding tert-OH is 1. The summed E-state index contributed by atoms with van der Waals surface area (Å²) in [4.78, 5) is 0. The number of methoxy groups -OCH3 is 1. The van der Waals surface area contributed by atoms with Crippen LogP contribution in [0.2, 0.25) is 0 Å². The van der Waals surface area contributed by atoms with Crippen LogP contribution in [0.5, 0.6) is 0 Å². The molecule has 3 rings (SSSR count). The second kappa shape index (κ2) is 6.37. The Morgan fingerprint density at radius 1 is 1.29 bits per heavy atom. The standard InChI is InChI=1S/C15H19FO5/c1-18-15-12(17)10(7-16)13-11(20-15)8-19-14(21-13)9-5-3-2-4-6-9/h2-6,10-15,17H,7-8H2,1H3/t10-,11+,12+,13-,14+,15-/m0/s1. The molecule has 2 heterocycles. The van der Waals surface area contributed by atoms with Crippen molar-refractivity contribution >= 4 is 0 Å². The zero-order valence-corrected chi connectivity index (χ0v) is 11.7. The van der Waals surface area contributed by atoms with Crippen molar-refractivity contribution in [1.29, 1.82) is 0 Å². The summed E-state index contributed by atoms with van der Waals surface area (Å²) in [5, 5.41) is 10.1. The van der Waals surface area contributed by atoms with Gasteiger partial charge in [0.1, 0.15) is 12.2 Å². The summed E-state index contributed by atoms with van der Waals surface area (Å²) in [7, 11) is 1.42. The zero-order valence-electron chi connectivity index (χ0n) is 11.7. The molecular formula is C15H19FO5. The molecule has 1 aromatic carbocycles. The summed E-state index contributed by atoms with van der Waals surface area (Å²) in [5.74, 6) is -0.691. The van der Waals surface area contributed by atoms with Gasteiger partial charge in [-0.2, -0.15) is 0 Å². The number of alkyl halides is 1. The normalized spacial score (nSPS) is 39.8. The van der Waals surface area contributed by atoms with Crippen molar-refractivity contribution in [3.05, 3.63) is 35.9 Å². The molecule has 1 N–H and O–H groups in total. The van der Waals surface area contributed by atoms with E-state index in [-0.39, 0.29) is 6.61 Å². The number of rotatable bonds is 3. The van der Waals surface area contributed by atoms with Crippen molar-refractivity contribution < 1.29 is 28.4 Å². The fraction of sp³-hybridized carbons (Fsp3) is 0.600. The van der Waals surface area contributed by atoms with E-state index in [4.69, 9.17) is 18.9 Å². The molecule has 0 spiro atoms. The first-order valence-corrected chi connectivity index (χ1v) is 6.99. The Labute approximate surface area is 122 Å². The zero-order chi connectivity index (χ0) is 14.8. The number of aliphatic hydroxyl groups is 1. The van der Waals surface area contributed by atoms with Crippen LogP contribution in [-0.4, -0.2) is 50.1 Å². The third-order valence-electron chi connectivity index (χ3n) is 3.99. The monoisotopic (exact) mass is 298 g/mol. The quantitative estimate of drug-likeness (QED) is 0.914. The minimum Gasteiger partial charge on any atom is -0.387 e. The molecule has 2 saturated heterocycles. The Morgan fingerprint density at radius 2 is 2.05 bits per heavy atom. The third kappa shape index (κ3) is 2.82. The molecule has 116 valence electrons. The minimum atomic E-state index is -1.06. The van der Waals surface area contributed by atoms with Crippen molar-refractivity contribution in [3.8, 4) is 0 Å². The molecule has 0 unspecified atom stereocenters. The van der Waals surface area contributed by atoms with Crippen LogP contribution < -0.4 is 0 Å². The fourth-order valence-electron chi connectivity index (χ4n) is 2.85. The highest BCUT2D eigenvalue weighted by molar-refractivity contribution is 5.16. The second-order valence-electron chi connectivity index (χ2n) is 5.26. The van der Waals surface area contributed by atoms with E-state index in [0.717, 1.165) is 5.56 Å². The van der Waals surface area contributed by atoms with E-state index in [1.54, 1.807) is 0 Å². The molecule has 2 aliphatic rings. The summed E-state index contributed by atoms with van der Waals surface area (Å²) in [6.07, 6.45) is -3.49. The molecule has 21 heavy (non-hydrogen) atoms. The molecule has 0 amide bonds. The number of hydrogen-bond acceptors (Lipinski definition) is 5. The van der Waals surface area contributed by atoms with Gasteiger partial charge < -0.3 is 24.1 Å². The van der Waals surface area contributed by atoms with Crippen LogP contribution in [0.1, 0.15) is 11.9 Å². The topological polar surface area (TPSA) is 57.2 Å². The van der Waals surface area contributed by atoms with Gasteiger partial charge in [0.15, 0.2) is 12.6 Å². The number of fused-ring (bicyclic) bond motifs is 1. The molecule has 0 radical (unpaired) electrons. The van der Waals surface area contributed by atoms with Gasteiger partial charge in [-0.15, -0.1) is 0 Å². The number of halogens is 1. The van der Waals surface area contributed by atoms with E-state index in [2.05, 4.69) is 0 Å². The molecule has 1 aromatic rings. The first-order valence-electron chi connectivity index (χ1n) is 6.99. The first kappa shape index (κ1) is 14.9. The van der Waals surface area contributed by atoms with E-state index in [9.17, 15) is 9.50 Å². The maximum atomic E-state index is 13.3. The van der Waals surface area contributed by atoms with E-state index >= 15 is 0 Å². The fourth-order valence-corrected chi connectivity index (χ4v) is 2.85. The van der Waals surface area contributed by atoms with Gasteiger partial charge in [0, 0.05) is 18.6 Å². The predicted octanol–water partition coefficient (Wildman–Crippen LogP) is 1.42. The van der Waals surface area contributed by atoms with Gasteiger partial charge in [0.25, 0.3) is 0 Å². The molecule has 2 aliphatic heterocycles. The van der Waals surface area contributed by atoms with Crippen molar-refractivity contribution in [2.75, 3.05) is 20.4 Å². The van der Waals surface area contributed by atoms with Crippen LogP contribution in [0.25, 0.3) is 0 Å². The molecule has 6 atom stereocenters. The molecule has 0 aliphatic carbocycles. The largest absolute Gasteiger partial charge is 0.387 e. The first-order chi connectivity index (χ1) is 10.2. The van der Waals surface area contributed by atoms with E-state index in [1.165, 1.54) is 7.11 Å². The Bertz CT molecular complexity index is 457. The SMILES string of the molecule is CO[C@H]1O[C@@H]2CO[C@@H](c3ccccc3)O[C@H]2[C@@H](CF)[C@H]1O. The highest BCUT2D eigenvalue weighted by Crippen LogP contribution is 2.37. The van der Waals surface area contributed by atoms with E-state index in [1.807, 2.05) is 30.3 Å². The van der Waals surface area contributed by atoms with Gasteiger partial charge in [-0.3, -0.25) is 4.39 Å². The van der Waals surface area contributed by atoms with Crippen molar-refractivity contribution in [2.24, 2.45) is 5.92 Å². The summed E-state index contributed by atoms with van der Waals surface area (Å²) in [6, 6.07) is 9.43. The van der Waals surface area contributed by atoms with E-state index < -0.39 is 43.5 Å². The Hall–Kier alpha value is -1.05. The van der Waals surface area contributed by atoms with Crippen molar-refractivity contribution in [1.82, 2.24) is 0 Å². The summed E-state index contributed by atoms with van der Waals surface area (Å²) in [6.45, 7) is -0.430. The number of hydrogen-bond donors (Lipinski definition) is 1. The molecular weight excluding hydrogens is 279 g/mol. The van der Waals surface area contributed by atoms with Crippen molar-refractivity contribution in [2.45, 2.75) is 30.9 Å². The van der Waals surface area contributed by atoms with Crippen LogP contribution in [0.3, 0.4) is 0 Å². The molecule has 5 nitrogen and oxygen atoms in total. The number of benzene rings is 1. The Balaban J connectivity index is 1.77. The van der Waals surface area contributed by atoms with Crippen LogP contribution in [0.15, 0.2) is 30.3 Å². The Morgan fingerprint density at radius 3 is 2.71 bits per heavy atom. The molecule has 0 aromatic heterocycles. The summed E-state index contributed by atoms with van der Waals surface area (Å²) in [5.41, 5.74) is 0.858. The average Bonchev–Trinajstić information content (AvgIpc) is 2.54. The predicted molar refractivity (Wildman–Crippen MR) is 71.1 cm³/mol. The van der Waals surface area contributed by atoms with Gasteiger partial charge in [-0.25, -0.2) is 0 Å². The van der Waals surface area contributed by atoms with Gasteiger partial charge in [0.05, 0.1) is 19.4 Å². The van der Waals surface area contributed by atoms with Crippen LogP contribution in [0, 0.1) is 5.92 Å². The van der Waals surface area contributed by atoms with Gasteiger partial charge in [0.2, 0.25) is 0 Å². The maximum absolute atomic E-state index is 13.3. The van der Waals surface area contributed by atoms with Gasteiger partial charge in [-0.05, 0) is 0 Å². The molecule has 6 heteroatoms. The lowest BCUT2D eigenvalue weighted by Crippen LogP contribution is -2.59. The smallest absolute Gasteiger partial charge is 0.184 e. The highest BCUT2D eigenvalue weighted by Gasteiger charge is 2.49. The van der Waals surface area contributed by atoms with Gasteiger partial charge in [-0.1, -0.05) is 30.3 Å². The van der Waals surface area contributed by atoms with Crippen LogP contribution in [0.4, 0.5) is 4.39 Å². The average molecular weight is 298 g/mol. The number of ether oxygens (including phenoxy) is 4. The molecule has 0 bridgehead atoms. The van der Waals surface area contributed by atoms with Crippen LogP contribution in [-0.2, 0) is 18.9 Å². The lowest BCUT2D eigenvalue weighted by Gasteiger charge is -2.47. The highest BCUT2D eigenvalue weighted by atomic mass is 19.1. The maximum Gasteiger partial charge on any atom is 0.184 e. The summed E-state index contributed by atoms with van der Waals surface area (Å²) >= 11 is 0. The van der Waals surface area contributed by atoms with Crippen LogP contribution >= 0.6 is 0 Å². The molecule has 0 saturated carbocycles. The van der Waals surface area contributed by atoms with Crippen molar-refractivity contribution in [3.63, 3.8) is 0 Å². The minimum absolute atomic E-state index is 0.271.